The molecule has 0 N–H and O–H groups in total. The molecule has 0 radical (unpaired) electrons. The molecule has 2 nitrogen and oxygen atoms in total. The molecule has 0 saturated heterocycles. The van der Waals surface area contributed by atoms with Crippen LogP contribution in [-0.2, 0) is 10.8 Å². The van der Waals surface area contributed by atoms with Gasteiger partial charge in [-0.3, -0.25) is 0 Å². The molecule has 0 aliphatic heterocycles. The van der Waals surface area contributed by atoms with E-state index in [-0.39, 0.29) is 0 Å². The molecule has 1 heterocycles. The van der Waals surface area contributed by atoms with Gasteiger partial charge >= 0.3 is 0 Å². The molecule has 1 aromatic heterocycles. The minimum atomic E-state index is -0.668. The SMILES string of the molecule is c1ccc(N(c2cccc(C3(c4ccccc4)c4ccccc4C4(c5ccccc5)c5ccccc5-c5cccc3c54)c2)c2ccc3c(c2)c2ccccc2n3-c2ccc3ccccc3c2)cc1. The van der Waals surface area contributed by atoms with Crippen LogP contribution in [0.4, 0.5) is 17.1 Å². The van der Waals surface area contributed by atoms with E-state index >= 15 is 0 Å². The molecular formula is C66H44N2. The molecule has 14 rings (SSSR count). The van der Waals surface area contributed by atoms with Crippen molar-refractivity contribution in [1.29, 1.82) is 0 Å². The lowest BCUT2D eigenvalue weighted by Crippen LogP contribution is -2.44. The smallest absolute Gasteiger partial charge is 0.0720 e. The zero-order valence-electron chi connectivity index (χ0n) is 37.3. The number of aromatic nitrogens is 1. The van der Waals surface area contributed by atoms with Crippen molar-refractivity contribution in [3.8, 4) is 16.8 Å². The third-order valence-electron chi connectivity index (χ3n) is 15.1. The molecule has 12 aromatic rings. The lowest BCUT2D eigenvalue weighted by Gasteiger charge is -2.49. The molecule has 2 atom stereocenters. The van der Waals surface area contributed by atoms with Gasteiger partial charge in [0.25, 0.3) is 0 Å². The Balaban J connectivity index is 1.03. The number of para-hydroxylation sites is 2. The zero-order chi connectivity index (χ0) is 44.8. The summed E-state index contributed by atoms with van der Waals surface area (Å²) >= 11 is 0. The average molecular weight is 865 g/mol. The zero-order valence-corrected chi connectivity index (χ0v) is 37.3. The van der Waals surface area contributed by atoms with Gasteiger partial charge in [-0.15, -0.1) is 0 Å². The van der Waals surface area contributed by atoms with Crippen molar-refractivity contribution in [1.82, 2.24) is 4.57 Å². The quantitative estimate of drug-likeness (QED) is 0.155. The Morgan fingerprint density at radius 1 is 0.294 bits per heavy atom. The Morgan fingerprint density at radius 2 is 0.838 bits per heavy atom. The first kappa shape index (κ1) is 38.5. The fourth-order valence-electron chi connectivity index (χ4n) is 12.5. The van der Waals surface area contributed by atoms with Crippen LogP contribution in [0.25, 0.3) is 49.4 Å². The van der Waals surface area contributed by atoms with Crippen LogP contribution in [0.3, 0.4) is 0 Å². The molecule has 0 fully saturated rings. The van der Waals surface area contributed by atoms with Gasteiger partial charge in [-0.2, -0.15) is 0 Å². The van der Waals surface area contributed by atoms with E-state index in [0.29, 0.717) is 0 Å². The van der Waals surface area contributed by atoms with Crippen molar-refractivity contribution in [3.63, 3.8) is 0 Å². The predicted octanol–water partition coefficient (Wildman–Crippen LogP) is 16.5. The fourth-order valence-corrected chi connectivity index (χ4v) is 12.5. The lowest BCUT2D eigenvalue weighted by molar-refractivity contribution is 0.627. The summed E-state index contributed by atoms with van der Waals surface area (Å²) in [7, 11) is 0. The van der Waals surface area contributed by atoms with Crippen LogP contribution in [0, 0.1) is 0 Å². The predicted molar refractivity (Wildman–Crippen MR) is 282 cm³/mol. The average Bonchev–Trinajstić information content (AvgIpc) is 3.91. The summed E-state index contributed by atoms with van der Waals surface area (Å²) in [6, 6.07) is 99.5. The van der Waals surface area contributed by atoms with Crippen molar-refractivity contribution in [2.24, 2.45) is 0 Å². The summed E-state index contributed by atoms with van der Waals surface area (Å²) in [5.41, 5.74) is 18.6. The molecule has 2 heteroatoms. The summed E-state index contributed by atoms with van der Waals surface area (Å²) in [4.78, 5) is 2.44. The van der Waals surface area contributed by atoms with E-state index in [0.717, 1.165) is 22.7 Å². The number of hydrogen-bond acceptors (Lipinski definition) is 1. The van der Waals surface area contributed by atoms with E-state index in [1.807, 2.05) is 0 Å². The largest absolute Gasteiger partial charge is 0.310 e. The van der Waals surface area contributed by atoms with Crippen molar-refractivity contribution in [3.05, 3.63) is 311 Å². The molecule has 0 amide bonds. The van der Waals surface area contributed by atoms with Gasteiger partial charge in [0.15, 0.2) is 0 Å². The number of nitrogens with zero attached hydrogens (tertiary/aromatic N) is 2. The van der Waals surface area contributed by atoms with E-state index in [1.165, 1.54) is 88.2 Å². The number of fused-ring (bicyclic) bond motifs is 9. The standard InChI is InChI=1S/C66H44N2/c1-4-22-47(23-5-1)65(59-34-15-16-35-60(59)66(48-24-6-2-7-25-48)58-33-14-12-30-54(58)56-32-19-36-61(65)64(56)66)49-26-18-29-51(43-49)67(50-27-8-3-9-28-50)53-40-41-63-57(44-53)55-31-13-17-37-62(55)68(63)52-39-38-45-20-10-11-21-46(45)42-52/h1-44H. The van der Waals surface area contributed by atoms with Gasteiger partial charge in [0, 0.05) is 33.5 Å². The Morgan fingerprint density at radius 3 is 1.63 bits per heavy atom. The van der Waals surface area contributed by atoms with Gasteiger partial charge in [0.05, 0.1) is 21.9 Å². The monoisotopic (exact) mass is 864 g/mol. The van der Waals surface area contributed by atoms with E-state index in [4.69, 9.17) is 0 Å². The van der Waals surface area contributed by atoms with E-state index in [1.54, 1.807) is 0 Å². The van der Waals surface area contributed by atoms with Crippen molar-refractivity contribution < 1.29 is 0 Å². The highest BCUT2D eigenvalue weighted by Gasteiger charge is 2.57. The van der Waals surface area contributed by atoms with Gasteiger partial charge in [0.1, 0.15) is 0 Å². The molecule has 2 aliphatic carbocycles. The Labute approximate surface area is 396 Å². The summed E-state index contributed by atoms with van der Waals surface area (Å²) in [6.07, 6.45) is 0. The summed E-state index contributed by atoms with van der Waals surface area (Å²) in [5.74, 6) is 0. The summed E-state index contributed by atoms with van der Waals surface area (Å²) in [6.45, 7) is 0. The van der Waals surface area contributed by atoms with Crippen LogP contribution in [0.5, 0.6) is 0 Å². The van der Waals surface area contributed by atoms with E-state index < -0.39 is 10.8 Å². The van der Waals surface area contributed by atoms with Crippen LogP contribution in [0.15, 0.2) is 267 Å². The highest BCUT2D eigenvalue weighted by Crippen LogP contribution is 2.66. The number of benzene rings is 11. The second-order valence-corrected chi connectivity index (χ2v) is 18.4. The van der Waals surface area contributed by atoms with Gasteiger partial charge in [0.2, 0.25) is 0 Å². The number of anilines is 3. The second-order valence-electron chi connectivity index (χ2n) is 18.4. The Hall–Kier alpha value is -8.72. The molecule has 68 heavy (non-hydrogen) atoms. The summed E-state index contributed by atoms with van der Waals surface area (Å²) < 4.78 is 2.42. The third kappa shape index (κ3) is 5.29. The molecule has 318 valence electrons. The second kappa shape index (κ2) is 14.9. The number of rotatable bonds is 7. The van der Waals surface area contributed by atoms with Crippen molar-refractivity contribution in [2.45, 2.75) is 10.8 Å². The summed E-state index contributed by atoms with van der Waals surface area (Å²) in [5, 5.41) is 4.90. The minimum Gasteiger partial charge on any atom is -0.310 e. The van der Waals surface area contributed by atoms with Crippen LogP contribution >= 0.6 is 0 Å². The molecule has 0 bridgehead atoms. The highest BCUT2D eigenvalue weighted by atomic mass is 15.1. The first-order valence-electron chi connectivity index (χ1n) is 23.7. The van der Waals surface area contributed by atoms with Crippen LogP contribution in [0.1, 0.15) is 44.5 Å². The van der Waals surface area contributed by atoms with Crippen molar-refractivity contribution in [2.75, 3.05) is 4.90 Å². The number of hydrogen-bond donors (Lipinski definition) is 0. The van der Waals surface area contributed by atoms with E-state index in [2.05, 4.69) is 276 Å². The normalized spacial score (nSPS) is 16.6. The van der Waals surface area contributed by atoms with Crippen LogP contribution < -0.4 is 4.90 Å². The van der Waals surface area contributed by atoms with Gasteiger partial charge in [-0.05, 0) is 127 Å². The molecular weight excluding hydrogens is 821 g/mol. The highest BCUT2D eigenvalue weighted by molar-refractivity contribution is 6.11. The fraction of sp³-hybridized carbons (Fsp3) is 0.0303. The maximum atomic E-state index is 2.47. The third-order valence-corrected chi connectivity index (χ3v) is 15.1. The van der Waals surface area contributed by atoms with Gasteiger partial charge in [-0.25, -0.2) is 0 Å². The Kier molecular flexibility index (Phi) is 8.45. The van der Waals surface area contributed by atoms with Crippen LogP contribution in [-0.4, -0.2) is 4.57 Å². The first-order chi connectivity index (χ1) is 33.7. The maximum Gasteiger partial charge on any atom is 0.0720 e. The molecule has 2 aliphatic rings. The molecule has 0 spiro atoms. The van der Waals surface area contributed by atoms with E-state index in [9.17, 15) is 0 Å². The Bertz CT molecular complexity index is 3930. The van der Waals surface area contributed by atoms with Crippen molar-refractivity contribution >= 4 is 49.6 Å². The van der Waals surface area contributed by atoms with Gasteiger partial charge in [-0.1, -0.05) is 206 Å². The minimum absolute atomic E-state index is 0.506. The molecule has 2 unspecified atom stereocenters. The molecule has 11 aromatic carbocycles. The maximum absolute atomic E-state index is 2.47. The van der Waals surface area contributed by atoms with Gasteiger partial charge < -0.3 is 9.47 Å². The topological polar surface area (TPSA) is 8.17 Å². The van der Waals surface area contributed by atoms with Crippen LogP contribution in [0.2, 0.25) is 0 Å². The molecule has 0 saturated carbocycles. The first-order valence-corrected chi connectivity index (χ1v) is 23.7. The lowest BCUT2D eigenvalue weighted by atomic mass is 9.51.